The summed E-state index contributed by atoms with van der Waals surface area (Å²) in [5.41, 5.74) is 0. The smallest absolute Gasteiger partial charge is 0.229 e. The number of aromatic nitrogens is 2. The molecule has 1 saturated heterocycles. The van der Waals surface area contributed by atoms with Crippen LogP contribution in [0.15, 0.2) is 4.52 Å². The molecule has 0 unspecified atom stereocenters. The lowest BCUT2D eigenvalue weighted by molar-refractivity contribution is 0.369. The Bertz CT molecular complexity index is 387. The van der Waals surface area contributed by atoms with Gasteiger partial charge < -0.3 is 9.84 Å². The van der Waals surface area contributed by atoms with Crippen LogP contribution in [0.5, 0.6) is 0 Å². The molecular weight excluding hydrogens is 202 g/mol. The maximum Gasteiger partial charge on any atom is 0.229 e. The Hall–Kier alpha value is -0.900. The van der Waals surface area contributed by atoms with E-state index in [0.717, 1.165) is 23.6 Å². The Labute approximate surface area is 94.8 Å². The molecule has 0 aromatic carbocycles. The summed E-state index contributed by atoms with van der Waals surface area (Å²) in [5, 5.41) is 7.65. The quantitative estimate of drug-likeness (QED) is 0.822. The van der Waals surface area contributed by atoms with E-state index in [1.54, 1.807) is 0 Å². The van der Waals surface area contributed by atoms with E-state index in [4.69, 9.17) is 4.52 Å². The Morgan fingerprint density at radius 2 is 1.81 bits per heavy atom. The Morgan fingerprint density at radius 1 is 1.06 bits per heavy atom. The molecule has 2 heterocycles. The topological polar surface area (TPSA) is 51.0 Å². The van der Waals surface area contributed by atoms with Gasteiger partial charge in [-0.2, -0.15) is 4.98 Å². The van der Waals surface area contributed by atoms with Crippen molar-refractivity contribution >= 4 is 0 Å². The minimum atomic E-state index is 0.563. The van der Waals surface area contributed by atoms with Gasteiger partial charge in [0.15, 0.2) is 5.82 Å². The van der Waals surface area contributed by atoms with Crippen molar-refractivity contribution in [1.29, 1.82) is 0 Å². The largest absolute Gasteiger partial charge is 0.339 e. The van der Waals surface area contributed by atoms with Crippen molar-refractivity contribution in [3.8, 4) is 0 Å². The molecule has 4 heteroatoms. The molecule has 2 atom stereocenters. The molecule has 4 nitrogen and oxygen atoms in total. The summed E-state index contributed by atoms with van der Waals surface area (Å²) >= 11 is 0. The van der Waals surface area contributed by atoms with Crippen molar-refractivity contribution in [3.05, 3.63) is 11.7 Å². The first-order valence-electron chi connectivity index (χ1n) is 6.44. The van der Waals surface area contributed by atoms with Gasteiger partial charge in [-0.15, -0.1) is 0 Å². The molecule has 4 rings (SSSR count). The van der Waals surface area contributed by atoms with Crippen molar-refractivity contribution in [1.82, 2.24) is 15.5 Å². The third-order valence-corrected chi connectivity index (χ3v) is 4.40. The van der Waals surface area contributed by atoms with Crippen molar-refractivity contribution in [2.75, 3.05) is 13.1 Å². The number of hydrogen-bond donors (Lipinski definition) is 1. The van der Waals surface area contributed by atoms with Gasteiger partial charge in [0.2, 0.25) is 5.89 Å². The molecule has 1 aliphatic heterocycles. The highest BCUT2D eigenvalue weighted by Gasteiger charge is 2.40. The van der Waals surface area contributed by atoms with Gasteiger partial charge in [0.05, 0.1) is 0 Å². The molecule has 2 saturated carbocycles. The predicted octanol–water partition coefficient (Wildman–Crippen LogP) is 1.66. The standard InChI is InChI=1S/C12H17N3O/c1-2-7(1)12-14-11(15-16-12)8-3-9-5-13-6-10(9)4-8/h7-10,13H,1-6H2/t9-,10-/m1/s1. The van der Waals surface area contributed by atoms with Crippen molar-refractivity contribution in [3.63, 3.8) is 0 Å². The van der Waals surface area contributed by atoms with Crippen LogP contribution >= 0.6 is 0 Å². The molecule has 86 valence electrons. The third kappa shape index (κ3) is 1.39. The molecular formula is C12H17N3O. The summed E-state index contributed by atoms with van der Waals surface area (Å²) in [6.45, 7) is 2.38. The van der Waals surface area contributed by atoms with E-state index in [0.29, 0.717) is 11.8 Å². The maximum atomic E-state index is 5.35. The van der Waals surface area contributed by atoms with Gasteiger partial charge in [-0.05, 0) is 50.6 Å². The number of fused-ring (bicyclic) bond motifs is 1. The average Bonchev–Trinajstić information content (AvgIpc) is 2.75. The lowest BCUT2D eigenvalue weighted by atomic mass is 10.0. The molecule has 3 fully saturated rings. The molecule has 3 aliphatic rings. The molecule has 16 heavy (non-hydrogen) atoms. The number of nitrogens with one attached hydrogen (secondary N) is 1. The number of rotatable bonds is 2. The third-order valence-electron chi connectivity index (χ3n) is 4.40. The normalized spacial score (nSPS) is 34.5. The Kier molecular flexibility index (Phi) is 1.89. The van der Waals surface area contributed by atoms with Crippen LogP contribution in [0.25, 0.3) is 0 Å². The predicted molar refractivity (Wildman–Crippen MR) is 58.1 cm³/mol. The molecule has 0 spiro atoms. The minimum absolute atomic E-state index is 0.563. The van der Waals surface area contributed by atoms with E-state index in [1.165, 1.54) is 38.8 Å². The molecule has 1 aromatic rings. The molecule has 0 amide bonds. The second-order valence-electron chi connectivity index (χ2n) is 5.61. The van der Waals surface area contributed by atoms with Crippen LogP contribution in [-0.2, 0) is 0 Å². The van der Waals surface area contributed by atoms with Crippen LogP contribution in [0.3, 0.4) is 0 Å². The first kappa shape index (κ1) is 9.16. The van der Waals surface area contributed by atoms with E-state index >= 15 is 0 Å². The van der Waals surface area contributed by atoms with Crippen LogP contribution in [0, 0.1) is 11.8 Å². The highest BCUT2D eigenvalue weighted by molar-refractivity contribution is 5.08. The lowest BCUT2D eigenvalue weighted by Gasteiger charge is -2.04. The maximum absolute atomic E-state index is 5.35. The zero-order valence-corrected chi connectivity index (χ0v) is 9.35. The molecule has 0 radical (unpaired) electrons. The van der Waals surface area contributed by atoms with Crippen LogP contribution in [0.1, 0.15) is 49.2 Å². The first-order chi connectivity index (χ1) is 7.90. The van der Waals surface area contributed by atoms with Gasteiger partial charge in [-0.1, -0.05) is 5.16 Å². The summed E-state index contributed by atoms with van der Waals surface area (Å²) in [6.07, 6.45) is 4.98. The summed E-state index contributed by atoms with van der Waals surface area (Å²) < 4.78 is 5.35. The van der Waals surface area contributed by atoms with Crippen LogP contribution in [-0.4, -0.2) is 23.2 Å². The van der Waals surface area contributed by atoms with Crippen LogP contribution in [0.4, 0.5) is 0 Å². The zero-order chi connectivity index (χ0) is 10.5. The summed E-state index contributed by atoms with van der Waals surface area (Å²) in [5.74, 6) is 4.74. The number of nitrogens with zero attached hydrogens (tertiary/aromatic N) is 2. The molecule has 2 aliphatic carbocycles. The lowest BCUT2D eigenvalue weighted by Crippen LogP contribution is -2.11. The van der Waals surface area contributed by atoms with Crippen molar-refractivity contribution in [2.24, 2.45) is 11.8 Å². The van der Waals surface area contributed by atoms with Gasteiger partial charge in [0.1, 0.15) is 0 Å². The minimum Gasteiger partial charge on any atom is -0.339 e. The highest BCUT2D eigenvalue weighted by atomic mass is 16.5. The monoisotopic (exact) mass is 219 g/mol. The van der Waals surface area contributed by atoms with Gasteiger partial charge >= 0.3 is 0 Å². The first-order valence-corrected chi connectivity index (χ1v) is 6.44. The Balaban J connectivity index is 1.52. The van der Waals surface area contributed by atoms with Gasteiger partial charge in [-0.25, -0.2) is 0 Å². The SMILES string of the molecule is C1CC1c1nc(C2C[C@@H]3CNC[C@H]3C2)no1. The highest BCUT2D eigenvalue weighted by Crippen LogP contribution is 2.44. The van der Waals surface area contributed by atoms with Crippen molar-refractivity contribution in [2.45, 2.75) is 37.5 Å². The Morgan fingerprint density at radius 3 is 2.50 bits per heavy atom. The summed E-state index contributed by atoms with van der Waals surface area (Å²) in [7, 11) is 0. The average molecular weight is 219 g/mol. The molecule has 0 bridgehead atoms. The summed E-state index contributed by atoms with van der Waals surface area (Å²) in [4.78, 5) is 4.58. The van der Waals surface area contributed by atoms with Crippen LogP contribution in [0.2, 0.25) is 0 Å². The molecule has 1 N–H and O–H groups in total. The van der Waals surface area contributed by atoms with Crippen molar-refractivity contribution < 1.29 is 4.52 Å². The van der Waals surface area contributed by atoms with Gasteiger partial charge in [-0.3, -0.25) is 0 Å². The van der Waals surface area contributed by atoms with Gasteiger partial charge in [0, 0.05) is 11.8 Å². The van der Waals surface area contributed by atoms with Crippen LogP contribution < -0.4 is 5.32 Å². The second-order valence-corrected chi connectivity index (χ2v) is 5.61. The summed E-state index contributed by atoms with van der Waals surface area (Å²) in [6, 6.07) is 0. The fraction of sp³-hybridized carbons (Fsp3) is 0.833. The fourth-order valence-electron chi connectivity index (χ4n) is 3.29. The van der Waals surface area contributed by atoms with E-state index in [1.807, 2.05) is 0 Å². The number of hydrogen-bond acceptors (Lipinski definition) is 4. The molecule has 1 aromatic heterocycles. The van der Waals surface area contributed by atoms with E-state index in [2.05, 4.69) is 15.5 Å². The second kappa shape index (κ2) is 3.29. The zero-order valence-electron chi connectivity index (χ0n) is 9.35. The fourth-order valence-corrected chi connectivity index (χ4v) is 3.29. The van der Waals surface area contributed by atoms with E-state index in [-0.39, 0.29) is 0 Å². The van der Waals surface area contributed by atoms with Gasteiger partial charge in [0.25, 0.3) is 0 Å². The van der Waals surface area contributed by atoms with E-state index < -0.39 is 0 Å². The van der Waals surface area contributed by atoms with E-state index in [9.17, 15) is 0 Å².